The predicted octanol–water partition coefficient (Wildman–Crippen LogP) is 2.21. The van der Waals surface area contributed by atoms with E-state index < -0.39 is 0 Å². The minimum absolute atomic E-state index is 0.0438. The van der Waals surface area contributed by atoms with Crippen molar-refractivity contribution in [2.24, 2.45) is 5.92 Å². The standard InChI is InChI=1S/C15H21N3O/c1-11-4-6-13(7-5-11)17-15(19)18-8-2-3-12-9-16-10-14(12)18/h4-7,12,14,16H,2-3,8-10H2,1H3,(H,17,19). The van der Waals surface area contributed by atoms with Gasteiger partial charge >= 0.3 is 6.03 Å². The summed E-state index contributed by atoms with van der Waals surface area (Å²) in [5.74, 6) is 0.637. The highest BCUT2D eigenvalue weighted by atomic mass is 16.2. The summed E-state index contributed by atoms with van der Waals surface area (Å²) in [5, 5.41) is 6.41. The van der Waals surface area contributed by atoms with Crippen molar-refractivity contribution < 1.29 is 4.79 Å². The Hall–Kier alpha value is -1.55. The van der Waals surface area contributed by atoms with Crippen LogP contribution in [0.15, 0.2) is 24.3 Å². The Balaban J connectivity index is 1.67. The van der Waals surface area contributed by atoms with E-state index in [1.54, 1.807) is 0 Å². The van der Waals surface area contributed by atoms with Crippen LogP contribution in [0, 0.1) is 12.8 Å². The van der Waals surface area contributed by atoms with Gasteiger partial charge in [0.1, 0.15) is 0 Å². The van der Waals surface area contributed by atoms with Crippen molar-refractivity contribution in [3.8, 4) is 0 Å². The Morgan fingerprint density at radius 2 is 2.11 bits per heavy atom. The van der Waals surface area contributed by atoms with Crippen LogP contribution >= 0.6 is 0 Å². The highest BCUT2D eigenvalue weighted by Gasteiger charge is 2.37. The van der Waals surface area contributed by atoms with Crippen LogP contribution in [0.5, 0.6) is 0 Å². The zero-order valence-corrected chi connectivity index (χ0v) is 11.4. The van der Waals surface area contributed by atoms with E-state index in [0.29, 0.717) is 12.0 Å². The number of urea groups is 1. The van der Waals surface area contributed by atoms with Gasteiger partial charge in [-0.15, -0.1) is 0 Å². The summed E-state index contributed by atoms with van der Waals surface area (Å²) in [6.45, 7) is 4.91. The number of nitrogens with zero attached hydrogens (tertiary/aromatic N) is 1. The molecule has 4 nitrogen and oxygen atoms in total. The molecule has 0 aliphatic carbocycles. The molecule has 0 radical (unpaired) electrons. The topological polar surface area (TPSA) is 44.4 Å². The first kappa shape index (κ1) is 12.5. The lowest BCUT2D eigenvalue weighted by molar-refractivity contribution is 0.147. The van der Waals surface area contributed by atoms with Crippen LogP contribution in [0.25, 0.3) is 0 Å². The molecule has 1 aromatic rings. The number of piperidine rings is 1. The highest BCUT2D eigenvalue weighted by Crippen LogP contribution is 2.26. The molecule has 0 bridgehead atoms. The third-order valence-electron chi connectivity index (χ3n) is 4.24. The number of hydrogen-bond acceptors (Lipinski definition) is 2. The van der Waals surface area contributed by atoms with E-state index in [9.17, 15) is 4.79 Å². The zero-order chi connectivity index (χ0) is 13.2. The molecule has 2 aliphatic heterocycles. The van der Waals surface area contributed by atoms with Gasteiger partial charge in [-0.2, -0.15) is 0 Å². The van der Waals surface area contributed by atoms with Crippen LogP contribution in [-0.4, -0.2) is 36.6 Å². The fraction of sp³-hybridized carbons (Fsp3) is 0.533. The van der Waals surface area contributed by atoms with Crippen molar-refractivity contribution in [1.29, 1.82) is 0 Å². The van der Waals surface area contributed by atoms with E-state index >= 15 is 0 Å². The molecule has 2 saturated heterocycles. The van der Waals surface area contributed by atoms with Gasteiger partial charge in [0.05, 0.1) is 0 Å². The lowest BCUT2D eigenvalue weighted by Gasteiger charge is -2.36. The van der Waals surface area contributed by atoms with E-state index in [4.69, 9.17) is 0 Å². The van der Waals surface area contributed by atoms with Crippen LogP contribution < -0.4 is 10.6 Å². The normalized spacial score (nSPS) is 26.1. The van der Waals surface area contributed by atoms with E-state index in [1.807, 2.05) is 36.1 Å². The molecule has 102 valence electrons. The quantitative estimate of drug-likeness (QED) is 0.812. The van der Waals surface area contributed by atoms with Gasteiger partial charge in [0.2, 0.25) is 0 Å². The molecule has 2 atom stereocenters. The average Bonchev–Trinajstić information content (AvgIpc) is 2.89. The van der Waals surface area contributed by atoms with Gasteiger partial charge in [-0.3, -0.25) is 0 Å². The maximum absolute atomic E-state index is 12.4. The number of likely N-dealkylation sites (tertiary alicyclic amines) is 1. The third kappa shape index (κ3) is 2.59. The minimum atomic E-state index is 0.0438. The number of anilines is 1. The number of amides is 2. The van der Waals surface area contributed by atoms with Gasteiger partial charge in [-0.25, -0.2) is 4.79 Å². The largest absolute Gasteiger partial charge is 0.322 e. The minimum Gasteiger partial charge on any atom is -0.320 e. The van der Waals surface area contributed by atoms with Crippen LogP contribution in [0.4, 0.5) is 10.5 Å². The molecule has 0 aromatic heterocycles. The number of rotatable bonds is 1. The Kier molecular flexibility index (Phi) is 3.42. The molecule has 2 aliphatic rings. The van der Waals surface area contributed by atoms with Crippen molar-refractivity contribution in [3.05, 3.63) is 29.8 Å². The van der Waals surface area contributed by atoms with Crippen molar-refractivity contribution in [2.45, 2.75) is 25.8 Å². The number of hydrogen-bond donors (Lipinski definition) is 2. The van der Waals surface area contributed by atoms with Gasteiger partial charge in [0.15, 0.2) is 0 Å². The second-order valence-corrected chi connectivity index (χ2v) is 5.62. The summed E-state index contributed by atoms with van der Waals surface area (Å²) in [7, 11) is 0. The second-order valence-electron chi connectivity index (χ2n) is 5.62. The summed E-state index contributed by atoms with van der Waals surface area (Å²) in [5.41, 5.74) is 2.08. The molecule has 0 saturated carbocycles. The summed E-state index contributed by atoms with van der Waals surface area (Å²) in [6.07, 6.45) is 2.36. The Morgan fingerprint density at radius 1 is 1.32 bits per heavy atom. The van der Waals surface area contributed by atoms with Gasteiger partial charge < -0.3 is 15.5 Å². The fourth-order valence-corrected chi connectivity index (χ4v) is 3.15. The van der Waals surface area contributed by atoms with E-state index in [2.05, 4.69) is 10.6 Å². The smallest absolute Gasteiger partial charge is 0.320 e. The SMILES string of the molecule is Cc1ccc(NC(=O)N2CCCC3CNCC32)cc1. The maximum Gasteiger partial charge on any atom is 0.322 e. The van der Waals surface area contributed by atoms with Gasteiger partial charge in [0.25, 0.3) is 0 Å². The number of benzene rings is 1. The van der Waals surface area contributed by atoms with Crippen molar-refractivity contribution >= 4 is 11.7 Å². The van der Waals surface area contributed by atoms with Gasteiger partial charge in [0, 0.05) is 31.4 Å². The lowest BCUT2D eigenvalue weighted by Crippen LogP contribution is -2.50. The summed E-state index contributed by atoms with van der Waals surface area (Å²) < 4.78 is 0. The zero-order valence-electron chi connectivity index (χ0n) is 11.4. The Morgan fingerprint density at radius 3 is 2.89 bits per heavy atom. The van der Waals surface area contributed by atoms with Crippen LogP contribution in [0.3, 0.4) is 0 Å². The molecule has 2 amide bonds. The van der Waals surface area contributed by atoms with Crippen LogP contribution in [0.1, 0.15) is 18.4 Å². The maximum atomic E-state index is 12.4. The predicted molar refractivity (Wildman–Crippen MR) is 76.3 cm³/mol. The molecule has 4 heteroatoms. The van der Waals surface area contributed by atoms with Gasteiger partial charge in [-0.05, 0) is 37.8 Å². The molecule has 1 aromatic carbocycles. The Labute approximate surface area is 114 Å². The molecule has 3 rings (SSSR count). The van der Waals surface area contributed by atoms with Crippen molar-refractivity contribution in [1.82, 2.24) is 10.2 Å². The number of aryl methyl sites for hydroxylation is 1. The molecule has 2 N–H and O–H groups in total. The first-order valence-corrected chi connectivity index (χ1v) is 7.09. The number of fused-ring (bicyclic) bond motifs is 1. The van der Waals surface area contributed by atoms with Crippen molar-refractivity contribution in [3.63, 3.8) is 0 Å². The first-order valence-electron chi connectivity index (χ1n) is 7.09. The molecule has 0 spiro atoms. The van der Waals surface area contributed by atoms with Crippen molar-refractivity contribution in [2.75, 3.05) is 25.0 Å². The van der Waals surface area contributed by atoms with Gasteiger partial charge in [-0.1, -0.05) is 17.7 Å². The van der Waals surface area contributed by atoms with Crippen LogP contribution in [0.2, 0.25) is 0 Å². The molecule has 2 heterocycles. The lowest BCUT2D eigenvalue weighted by atomic mass is 9.92. The molecule has 2 fully saturated rings. The summed E-state index contributed by atoms with van der Waals surface area (Å²) in [4.78, 5) is 14.4. The fourth-order valence-electron chi connectivity index (χ4n) is 3.15. The third-order valence-corrected chi connectivity index (χ3v) is 4.24. The summed E-state index contributed by atoms with van der Waals surface area (Å²) in [6, 6.07) is 8.38. The molecule has 2 unspecified atom stereocenters. The number of nitrogens with one attached hydrogen (secondary N) is 2. The summed E-state index contributed by atoms with van der Waals surface area (Å²) >= 11 is 0. The molecule has 19 heavy (non-hydrogen) atoms. The monoisotopic (exact) mass is 259 g/mol. The van der Waals surface area contributed by atoms with E-state index in [0.717, 1.165) is 31.7 Å². The first-order chi connectivity index (χ1) is 9.24. The highest BCUT2D eigenvalue weighted by molar-refractivity contribution is 5.89. The van der Waals surface area contributed by atoms with Crippen LogP contribution in [-0.2, 0) is 0 Å². The number of carbonyl (C=O) groups is 1. The van der Waals surface area contributed by atoms with E-state index in [-0.39, 0.29) is 6.03 Å². The second kappa shape index (κ2) is 5.21. The average molecular weight is 259 g/mol. The number of carbonyl (C=O) groups excluding carboxylic acids is 1. The van der Waals surface area contributed by atoms with E-state index in [1.165, 1.54) is 12.0 Å². The molecular formula is C15H21N3O. The molecular weight excluding hydrogens is 238 g/mol. The Bertz CT molecular complexity index is 457.